The Kier molecular flexibility index (Phi) is 6.73. The molecule has 0 bridgehead atoms. The van der Waals surface area contributed by atoms with Gasteiger partial charge < -0.3 is 9.62 Å². The first-order chi connectivity index (χ1) is 15.3. The van der Waals surface area contributed by atoms with Crippen molar-refractivity contribution in [2.24, 2.45) is 10.2 Å². The van der Waals surface area contributed by atoms with Crippen LogP contribution in [0.25, 0.3) is 0 Å². The van der Waals surface area contributed by atoms with E-state index in [1.807, 2.05) is 30.3 Å². The predicted octanol–water partition coefficient (Wildman–Crippen LogP) is 4.38. The molecule has 1 unspecified atom stereocenters. The highest BCUT2D eigenvalue weighted by molar-refractivity contribution is 8.13. The summed E-state index contributed by atoms with van der Waals surface area (Å²) in [5, 5.41) is 10.1. The Labute approximate surface area is 186 Å². The van der Waals surface area contributed by atoms with Gasteiger partial charge in [0.2, 0.25) is 0 Å². The highest BCUT2D eigenvalue weighted by Crippen LogP contribution is 2.33. The van der Waals surface area contributed by atoms with Crippen LogP contribution in [0.5, 0.6) is 0 Å². The van der Waals surface area contributed by atoms with E-state index in [0.29, 0.717) is 11.1 Å². The first-order valence-electron chi connectivity index (χ1n) is 10.1. The number of piperazine rings is 1. The number of anilines is 1. The highest BCUT2D eigenvalue weighted by Gasteiger charge is 2.38. The maximum absolute atomic E-state index is 15.0. The molecule has 2 heterocycles. The van der Waals surface area contributed by atoms with Crippen molar-refractivity contribution in [1.82, 2.24) is 9.62 Å². The third-order valence-corrected chi connectivity index (χ3v) is 7.14. The van der Waals surface area contributed by atoms with E-state index in [4.69, 9.17) is 0 Å². The monoisotopic (exact) mass is 465 g/mol. The van der Waals surface area contributed by atoms with Crippen molar-refractivity contribution >= 4 is 33.8 Å². The van der Waals surface area contributed by atoms with E-state index in [2.05, 4.69) is 30.0 Å². The lowest BCUT2D eigenvalue weighted by Gasteiger charge is -2.37. The zero-order valence-electron chi connectivity index (χ0n) is 17.3. The van der Waals surface area contributed by atoms with E-state index < -0.39 is 35.0 Å². The molecule has 170 valence electrons. The SMILES string of the molecule is C=S(N1CCNCC1)N(Cc1ccc(C2=NN=C(C(F)(F)F)C2)cc1F)c1ccccc1. The summed E-state index contributed by atoms with van der Waals surface area (Å²) < 4.78 is 57.8. The third-order valence-electron chi connectivity index (χ3n) is 5.33. The van der Waals surface area contributed by atoms with E-state index in [-0.39, 0.29) is 12.3 Å². The van der Waals surface area contributed by atoms with Gasteiger partial charge in [-0.3, -0.25) is 0 Å². The zero-order valence-corrected chi connectivity index (χ0v) is 18.1. The molecule has 0 radical (unpaired) electrons. The zero-order chi connectivity index (χ0) is 22.7. The summed E-state index contributed by atoms with van der Waals surface area (Å²) in [5.41, 5.74) is 0.807. The normalized spacial score (nSPS) is 18.2. The Morgan fingerprint density at radius 1 is 1.06 bits per heavy atom. The minimum Gasteiger partial charge on any atom is -0.314 e. The molecule has 0 amide bonds. The summed E-state index contributed by atoms with van der Waals surface area (Å²) in [6.45, 7) is 3.71. The Morgan fingerprint density at radius 2 is 1.78 bits per heavy atom. The standard InChI is InChI=1S/C22H23F4N5S/c1-32(30-11-9-27-10-12-30)31(18-5-3-2-4-6-18)15-17-8-7-16(13-19(17)23)20-14-21(29-28-20)22(24,25)26/h2-8,13,27H,1,9-12,14-15H2. The van der Waals surface area contributed by atoms with Gasteiger partial charge in [0.25, 0.3) is 0 Å². The molecule has 0 spiro atoms. The van der Waals surface area contributed by atoms with Gasteiger partial charge in [-0.05, 0) is 34.9 Å². The lowest BCUT2D eigenvalue weighted by Crippen LogP contribution is -2.43. The molecule has 1 fully saturated rings. The average Bonchev–Trinajstić information content (AvgIpc) is 3.30. The number of hydrogen-bond acceptors (Lipinski definition) is 5. The second kappa shape index (κ2) is 9.51. The number of halogens is 4. The molecule has 10 heteroatoms. The van der Waals surface area contributed by atoms with Crippen molar-refractivity contribution in [2.75, 3.05) is 30.5 Å². The van der Waals surface area contributed by atoms with E-state index >= 15 is 4.39 Å². The van der Waals surface area contributed by atoms with Crippen LogP contribution in [0.1, 0.15) is 17.5 Å². The fourth-order valence-corrected chi connectivity index (χ4v) is 5.09. The molecule has 5 nitrogen and oxygen atoms in total. The van der Waals surface area contributed by atoms with Crippen LogP contribution in [-0.2, 0) is 6.54 Å². The quantitative estimate of drug-likeness (QED) is 0.509. The van der Waals surface area contributed by atoms with Crippen LogP contribution < -0.4 is 9.62 Å². The van der Waals surface area contributed by atoms with Crippen molar-refractivity contribution in [3.8, 4) is 0 Å². The average molecular weight is 466 g/mol. The van der Waals surface area contributed by atoms with Crippen LogP contribution in [0.15, 0.2) is 58.7 Å². The third kappa shape index (κ3) is 5.08. The Hall–Kier alpha value is -2.56. The number of rotatable bonds is 6. The summed E-state index contributed by atoms with van der Waals surface area (Å²) >= 11 is 0. The van der Waals surface area contributed by atoms with E-state index in [1.54, 1.807) is 12.1 Å². The van der Waals surface area contributed by atoms with Crippen LogP contribution in [0.3, 0.4) is 0 Å². The molecule has 0 aliphatic carbocycles. The Morgan fingerprint density at radius 3 is 2.41 bits per heavy atom. The minimum absolute atomic E-state index is 0.111. The lowest BCUT2D eigenvalue weighted by molar-refractivity contribution is -0.0596. The van der Waals surface area contributed by atoms with E-state index in [9.17, 15) is 13.2 Å². The van der Waals surface area contributed by atoms with Gasteiger partial charge in [-0.15, -0.1) is 5.10 Å². The molecule has 4 rings (SSSR count). The second-order valence-electron chi connectivity index (χ2n) is 7.47. The fourth-order valence-electron chi connectivity index (χ4n) is 3.55. The van der Waals surface area contributed by atoms with Gasteiger partial charge in [0.15, 0.2) is 0 Å². The van der Waals surface area contributed by atoms with Crippen molar-refractivity contribution < 1.29 is 17.6 Å². The van der Waals surface area contributed by atoms with Crippen molar-refractivity contribution in [1.29, 1.82) is 0 Å². The lowest BCUT2D eigenvalue weighted by atomic mass is 10.0. The van der Waals surface area contributed by atoms with Crippen LogP contribution in [0.4, 0.5) is 23.2 Å². The molecule has 1 N–H and O–H groups in total. The minimum atomic E-state index is -4.53. The molecule has 2 aromatic carbocycles. The topological polar surface area (TPSA) is 43.2 Å². The maximum Gasteiger partial charge on any atom is 0.431 e. The summed E-state index contributed by atoms with van der Waals surface area (Å²) in [6, 6.07) is 14.1. The molecular formula is C22H23F4N5S. The van der Waals surface area contributed by atoms with Gasteiger partial charge in [0, 0.05) is 49.4 Å². The number of para-hydroxylation sites is 1. The number of nitrogens with zero attached hydrogens (tertiary/aromatic N) is 4. The van der Waals surface area contributed by atoms with Crippen LogP contribution in [-0.4, -0.2) is 54.0 Å². The van der Waals surface area contributed by atoms with E-state index in [1.165, 1.54) is 6.07 Å². The van der Waals surface area contributed by atoms with Crippen LogP contribution in [0, 0.1) is 5.82 Å². The number of nitrogens with one attached hydrogen (secondary N) is 1. The van der Waals surface area contributed by atoms with Gasteiger partial charge in [-0.1, -0.05) is 30.3 Å². The van der Waals surface area contributed by atoms with Gasteiger partial charge in [0.05, 0.1) is 12.3 Å². The molecule has 0 saturated carbocycles. The van der Waals surface area contributed by atoms with Gasteiger partial charge in [0.1, 0.15) is 11.5 Å². The molecule has 2 aromatic rings. The molecule has 1 atom stereocenters. The molecule has 2 aliphatic heterocycles. The number of benzene rings is 2. The highest BCUT2D eigenvalue weighted by atomic mass is 32.2. The molecule has 1 saturated heterocycles. The smallest absolute Gasteiger partial charge is 0.314 e. The van der Waals surface area contributed by atoms with Gasteiger partial charge in [-0.25, -0.2) is 8.70 Å². The summed E-state index contributed by atoms with van der Waals surface area (Å²) in [7, 11) is -0.533. The van der Waals surface area contributed by atoms with E-state index in [0.717, 1.165) is 31.9 Å². The van der Waals surface area contributed by atoms with Crippen LogP contribution in [0.2, 0.25) is 0 Å². The number of hydrogen-bond donors (Lipinski definition) is 1. The Balaban J connectivity index is 1.54. The van der Waals surface area contributed by atoms with Gasteiger partial charge in [-0.2, -0.15) is 18.3 Å². The van der Waals surface area contributed by atoms with Crippen molar-refractivity contribution in [3.63, 3.8) is 0 Å². The maximum atomic E-state index is 15.0. The first kappa shape index (κ1) is 22.6. The van der Waals surface area contributed by atoms with Crippen molar-refractivity contribution in [3.05, 3.63) is 65.5 Å². The molecule has 0 aromatic heterocycles. The fraction of sp³-hybridized carbons (Fsp3) is 0.318. The predicted molar refractivity (Wildman–Crippen MR) is 123 cm³/mol. The summed E-state index contributed by atoms with van der Waals surface area (Å²) in [4.78, 5) is 0. The van der Waals surface area contributed by atoms with Crippen molar-refractivity contribution in [2.45, 2.75) is 19.1 Å². The summed E-state index contributed by atoms with van der Waals surface area (Å²) in [5.74, 6) is 3.87. The first-order valence-corrected chi connectivity index (χ1v) is 11.5. The molecule has 32 heavy (non-hydrogen) atoms. The molecule has 2 aliphatic rings. The summed E-state index contributed by atoms with van der Waals surface area (Å²) in [6.07, 6.45) is -4.99. The largest absolute Gasteiger partial charge is 0.431 e. The Bertz CT molecular complexity index is 1050. The van der Waals surface area contributed by atoms with Crippen LogP contribution >= 0.6 is 10.9 Å². The molecular weight excluding hydrogens is 442 g/mol. The van der Waals surface area contributed by atoms with Gasteiger partial charge >= 0.3 is 6.18 Å². The number of alkyl halides is 3. The second-order valence-corrected chi connectivity index (χ2v) is 9.10.